The fourth-order valence-electron chi connectivity index (χ4n) is 4.78. The molecule has 0 N–H and O–H groups in total. The van der Waals surface area contributed by atoms with Gasteiger partial charge in [0.05, 0.1) is 5.92 Å². The molecular formula is C23H26F6O2. The molecule has 0 amide bonds. The molecule has 0 bridgehead atoms. The van der Waals surface area contributed by atoms with Crippen LogP contribution in [0.3, 0.4) is 0 Å². The molecule has 1 aromatic carbocycles. The van der Waals surface area contributed by atoms with E-state index in [4.69, 9.17) is 4.74 Å². The van der Waals surface area contributed by atoms with Crippen molar-refractivity contribution in [3.63, 3.8) is 0 Å². The van der Waals surface area contributed by atoms with Crippen LogP contribution in [0.4, 0.5) is 26.3 Å². The van der Waals surface area contributed by atoms with E-state index in [0.29, 0.717) is 49.5 Å². The van der Waals surface area contributed by atoms with Gasteiger partial charge in [-0.2, -0.15) is 22.0 Å². The average molecular weight is 448 g/mol. The van der Waals surface area contributed by atoms with Gasteiger partial charge >= 0.3 is 18.2 Å². The van der Waals surface area contributed by atoms with Gasteiger partial charge in [0, 0.05) is 6.07 Å². The summed E-state index contributed by atoms with van der Waals surface area (Å²) in [4.78, 5) is 0. The summed E-state index contributed by atoms with van der Waals surface area (Å²) in [5, 5.41) is 0. The smallest absolute Gasteiger partial charge is 0.400 e. The van der Waals surface area contributed by atoms with E-state index in [0.717, 1.165) is 37.8 Å². The van der Waals surface area contributed by atoms with Gasteiger partial charge in [0.2, 0.25) is 0 Å². The zero-order chi connectivity index (χ0) is 22.6. The highest BCUT2D eigenvalue weighted by Crippen LogP contribution is 2.45. The topological polar surface area (TPSA) is 18.5 Å². The van der Waals surface area contributed by atoms with Crippen molar-refractivity contribution in [3.05, 3.63) is 48.8 Å². The number of hydrogen-bond donors (Lipinski definition) is 0. The van der Waals surface area contributed by atoms with Gasteiger partial charge in [-0.15, -0.1) is 6.58 Å². The van der Waals surface area contributed by atoms with Crippen LogP contribution < -0.4 is 9.47 Å². The maximum absolute atomic E-state index is 14.7. The second-order valence-corrected chi connectivity index (χ2v) is 8.41. The minimum Gasteiger partial charge on any atom is -0.432 e. The Kier molecular flexibility index (Phi) is 7.59. The van der Waals surface area contributed by atoms with Crippen molar-refractivity contribution in [2.24, 2.45) is 23.7 Å². The van der Waals surface area contributed by atoms with Crippen LogP contribution >= 0.6 is 0 Å². The van der Waals surface area contributed by atoms with Gasteiger partial charge in [-0.25, -0.2) is 4.39 Å². The van der Waals surface area contributed by atoms with E-state index in [9.17, 15) is 26.3 Å². The molecule has 2 saturated carbocycles. The molecule has 0 aromatic heterocycles. The second kappa shape index (κ2) is 10.0. The van der Waals surface area contributed by atoms with Crippen LogP contribution in [0.15, 0.2) is 42.9 Å². The number of halogens is 6. The predicted octanol–water partition coefficient (Wildman–Crippen LogP) is 8.01. The number of rotatable bonds is 7. The lowest BCUT2D eigenvalue weighted by Crippen LogP contribution is -2.38. The van der Waals surface area contributed by atoms with Crippen molar-refractivity contribution in [2.45, 2.75) is 57.5 Å². The third kappa shape index (κ3) is 5.98. The Hall–Kier alpha value is -2.12. The largest absolute Gasteiger partial charge is 0.432 e. The molecule has 0 atom stereocenters. The highest BCUT2D eigenvalue weighted by molar-refractivity contribution is 5.34. The predicted molar refractivity (Wildman–Crippen MR) is 104 cm³/mol. The first kappa shape index (κ1) is 23.5. The molecule has 1 aromatic rings. The maximum atomic E-state index is 14.7. The summed E-state index contributed by atoms with van der Waals surface area (Å²) in [5.41, 5.74) is 0. The molecule has 2 aliphatic carbocycles. The summed E-state index contributed by atoms with van der Waals surface area (Å²) in [5.74, 6) is -2.05. The van der Waals surface area contributed by atoms with E-state index >= 15 is 0 Å². The van der Waals surface area contributed by atoms with Crippen LogP contribution in [0.5, 0.6) is 11.5 Å². The maximum Gasteiger partial charge on any atom is 0.400 e. The Morgan fingerprint density at radius 1 is 0.935 bits per heavy atom. The lowest BCUT2D eigenvalue weighted by atomic mass is 9.69. The van der Waals surface area contributed by atoms with Gasteiger partial charge in [-0.05, 0) is 81.3 Å². The molecule has 0 aliphatic heterocycles. The molecule has 2 nitrogen and oxygen atoms in total. The summed E-state index contributed by atoms with van der Waals surface area (Å²) in [7, 11) is 0. The fourth-order valence-corrected chi connectivity index (χ4v) is 4.78. The SMILES string of the molecule is C=CC1CCC(C2CCC(C(F)(F)Oc3ccc(OC(F)=C(F)F)c(F)c3)CC2)CC1. The van der Waals surface area contributed by atoms with Crippen LogP contribution in [0.25, 0.3) is 0 Å². The average Bonchev–Trinajstić information content (AvgIpc) is 2.75. The molecule has 8 heteroatoms. The molecule has 172 valence electrons. The van der Waals surface area contributed by atoms with Crippen molar-refractivity contribution in [1.29, 1.82) is 0 Å². The minimum absolute atomic E-state index is 0.314. The molecule has 0 saturated heterocycles. The van der Waals surface area contributed by atoms with Gasteiger partial charge in [0.1, 0.15) is 5.75 Å². The lowest BCUT2D eigenvalue weighted by Gasteiger charge is -2.38. The fraction of sp³-hybridized carbons (Fsp3) is 0.565. The zero-order valence-corrected chi connectivity index (χ0v) is 17.1. The zero-order valence-electron chi connectivity index (χ0n) is 17.1. The molecule has 0 spiro atoms. The molecular weight excluding hydrogens is 422 g/mol. The van der Waals surface area contributed by atoms with E-state index in [-0.39, 0.29) is 0 Å². The van der Waals surface area contributed by atoms with Gasteiger partial charge in [-0.1, -0.05) is 6.08 Å². The van der Waals surface area contributed by atoms with Gasteiger partial charge < -0.3 is 9.47 Å². The summed E-state index contributed by atoms with van der Waals surface area (Å²) < 4.78 is 88.9. The van der Waals surface area contributed by atoms with E-state index in [1.807, 2.05) is 6.08 Å². The van der Waals surface area contributed by atoms with Crippen molar-refractivity contribution in [1.82, 2.24) is 0 Å². The number of benzene rings is 1. The Morgan fingerprint density at radius 2 is 1.52 bits per heavy atom. The molecule has 0 unspecified atom stereocenters. The number of allylic oxidation sites excluding steroid dienone is 1. The summed E-state index contributed by atoms with van der Waals surface area (Å²) in [6.07, 6.45) is 2.20. The van der Waals surface area contributed by atoms with Crippen LogP contribution in [0, 0.1) is 29.5 Å². The molecule has 0 radical (unpaired) electrons. The van der Waals surface area contributed by atoms with Crippen molar-refractivity contribution in [3.8, 4) is 11.5 Å². The summed E-state index contributed by atoms with van der Waals surface area (Å²) in [6.45, 7) is 3.85. The van der Waals surface area contributed by atoms with Crippen LogP contribution in [-0.2, 0) is 0 Å². The van der Waals surface area contributed by atoms with Crippen LogP contribution in [-0.4, -0.2) is 6.11 Å². The number of hydrogen-bond acceptors (Lipinski definition) is 2. The quantitative estimate of drug-likeness (QED) is 0.239. The van der Waals surface area contributed by atoms with E-state index in [1.165, 1.54) is 0 Å². The van der Waals surface area contributed by atoms with Gasteiger partial charge in [0.25, 0.3) is 0 Å². The molecule has 31 heavy (non-hydrogen) atoms. The standard InChI is InChI=1S/C23H26F6O2/c1-2-14-3-5-15(6-4-14)16-7-9-17(10-8-16)23(28,29)31-18-11-12-20(19(24)13-18)30-22(27)21(25)26/h2,11-17H,1,3-10H2. The lowest BCUT2D eigenvalue weighted by molar-refractivity contribution is -0.224. The van der Waals surface area contributed by atoms with Gasteiger partial charge in [0.15, 0.2) is 11.6 Å². The van der Waals surface area contributed by atoms with E-state index in [1.54, 1.807) is 0 Å². The third-order valence-corrected chi connectivity index (χ3v) is 6.57. The van der Waals surface area contributed by atoms with E-state index < -0.39 is 41.4 Å². The number of ether oxygens (including phenoxy) is 2. The van der Waals surface area contributed by atoms with Crippen molar-refractivity contribution < 1.29 is 35.8 Å². The van der Waals surface area contributed by atoms with Crippen LogP contribution in [0.1, 0.15) is 51.4 Å². The third-order valence-electron chi connectivity index (χ3n) is 6.57. The minimum atomic E-state index is -3.50. The summed E-state index contributed by atoms with van der Waals surface area (Å²) in [6, 6.07) is 0.00263. The molecule has 2 fully saturated rings. The van der Waals surface area contributed by atoms with Crippen molar-refractivity contribution >= 4 is 0 Å². The monoisotopic (exact) mass is 448 g/mol. The van der Waals surface area contributed by atoms with E-state index in [2.05, 4.69) is 11.3 Å². The first-order chi connectivity index (χ1) is 14.7. The van der Waals surface area contributed by atoms with Crippen molar-refractivity contribution in [2.75, 3.05) is 0 Å². The Balaban J connectivity index is 1.55. The van der Waals surface area contributed by atoms with Crippen LogP contribution in [0.2, 0.25) is 0 Å². The first-order valence-electron chi connectivity index (χ1n) is 10.6. The molecule has 0 heterocycles. The Labute approximate surface area is 177 Å². The highest BCUT2D eigenvalue weighted by Gasteiger charge is 2.45. The van der Waals surface area contributed by atoms with Gasteiger partial charge in [-0.3, -0.25) is 0 Å². The molecule has 2 aliphatic rings. The first-order valence-corrected chi connectivity index (χ1v) is 10.6. The molecule has 3 rings (SSSR count). The summed E-state index contributed by atoms with van der Waals surface area (Å²) >= 11 is 0. The normalized spacial score (nSPS) is 26.8. The highest BCUT2D eigenvalue weighted by atomic mass is 19.3. The Bertz CT molecular complexity index is 789. The Morgan fingerprint density at radius 3 is 2.03 bits per heavy atom. The second-order valence-electron chi connectivity index (χ2n) is 8.41. The number of alkyl halides is 2.